The van der Waals surface area contributed by atoms with Crippen LogP contribution in [0.5, 0.6) is 0 Å². The molecular formula is C16H25FN2. The molecule has 1 heterocycles. The molecule has 1 fully saturated rings. The molecule has 0 bridgehead atoms. The average molecular weight is 264 g/mol. The van der Waals surface area contributed by atoms with Crippen LogP contribution in [-0.2, 0) is 6.42 Å². The van der Waals surface area contributed by atoms with Gasteiger partial charge in [0.1, 0.15) is 5.82 Å². The third-order valence-electron chi connectivity index (χ3n) is 4.03. The van der Waals surface area contributed by atoms with Gasteiger partial charge in [-0.2, -0.15) is 0 Å². The Morgan fingerprint density at radius 1 is 1.21 bits per heavy atom. The molecule has 1 saturated heterocycles. The maximum Gasteiger partial charge on any atom is 0.123 e. The lowest BCUT2D eigenvalue weighted by Crippen LogP contribution is -2.32. The lowest BCUT2D eigenvalue weighted by molar-refractivity contribution is 0.297. The van der Waals surface area contributed by atoms with E-state index >= 15 is 0 Å². The minimum atomic E-state index is -0.153. The Kier molecular flexibility index (Phi) is 5.80. The maximum atomic E-state index is 12.8. The molecule has 0 amide bonds. The molecule has 0 spiro atoms. The molecule has 1 unspecified atom stereocenters. The van der Waals surface area contributed by atoms with Crippen molar-refractivity contribution in [3.63, 3.8) is 0 Å². The van der Waals surface area contributed by atoms with Crippen molar-refractivity contribution >= 4 is 0 Å². The Morgan fingerprint density at radius 3 is 2.74 bits per heavy atom. The number of nitrogens with one attached hydrogen (secondary N) is 1. The third kappa shape index (κ3) is 4.92. The summed E-state index contributed by atoms with van der Waals surface area (Å²) >= 11 is 0. The average Bonchev–Trinajstić information content (AvgIpc) is 2.66. The highest BCUT2D eigenvalue weighted by Crippen LogP contribution is 2.11. The number of benzene rings is 1. The zero-order valence-corrected chi connectivity index (χ0v) is 11.9. The van der Waals surface area contributed by atoms with E-state index in [0.29, 0.717) is 6.04 Å². The standard InChI is InChI=1S/C16H25FN2/c1-2-19-12-3-4-16(10-13-19)18-11-9-14-5-7-15(17)8-6-14/h5-8,16,18H,2-4,9-13H2,1H3. The van der Waals surface area contributed by atoms with Gasteiger partial charge in [-0.25, -0.2) is 4.39 Å². The molecule has 0 aromatic heterocycles. The van der Waals surface area contributed by atoms with E-state index in [1.54, 1.807) is 12.1 Å². The quantitative estimate of drug-likeness (QED) is 0.880. The van der Waals surface area contributed by atoms with Crippen molar-refractivity contribution in [1.82, 2.24) is 10.2 Å². The van der Waals surface area contributed by atoms with Crippen molar-refractivity contribution in [2.45, 2.75) is 38.6 Å². The summed E-state index contributed by atoms with van der Waals surface area (Å²) in [4.78, 5) is 2.53. The van der Waals surface area contributed by atoms with Crippen molar-refractivity contribution < 1.29 is 4.39 Å². The number of likely N-dealkylation sites (tertiary alicyclic amines) is 1. The number of halogens is 1. The van der Waals surface area contributed by atoms with Crippen LogP contribution in [0.25, 0.3) is 0 Å². The van der Waals surface area contributed by atoms with Crippen LogP contribution in [0.2, 0.25) is 0 Å². The summed E-state index contributed by atoms with van der Waals surface area (Å²) in [6.07, 6.45) is 4.80. The molecule has 1 aromatic rings. The van der Waals surface area contributed by atoms with Crippen molar-refractivity contribution in [2.75, 3.05) is 26.2 Å². The Balaban J connectivity index is 1.69. The van der Waals surface area contributed by atoms with Gasteiger partial charge in [0, 0.05) is 6.04 Å². The van der Waals surface area contributed by atoms with Crippen LogP contribution >= 0.6 is 0 Å². The Bertz CT molecular complexity index is 364. The van der Waals surface area contributed by atoms with Gasteiger partial charge in [-0.05, 0) is 69.6 Å². The molecule has 1 aromatic carbocycles. The zero-order valence-electron chi connectivity index (χ0n) is 11.9. The monoisotopic (exact) mass is 264 g/mol. The van der Waals surface area contributed by atoms with Crippen LogP contribution in [0.3, 0.4) is 0 Å². The van der Waals surface area contributed by atoms with E-state index in [9.17, 15) is 4.39 Å². The van der Waals surface area contributed by atoms with Crippen LogP contribution in [-0.4, -0.2) is 37.1 Å². The molecule has 2 rings (SSSR count). The van der Waals surface area contributed by atoms with Crippen LogP contribution in [0.4, 0.5) is 4.39 Å². The molecule has 106 valence electrons. The van der Waals surface area contributed by atoms with E-state index in [2.05, 4.69) is 17.1 Å². The highest BCUT2D eigenvalue weighted by molar-refractivity contribution is 5.16. The Labute approximate surface area is 116 Å². The van der Waals surface area contributed by atoms with Gasteiger partial charge >= 0.3 is 0 Å². The first-order valence-electron chi connectivity index (χ1n) is 7.48. The fraction of sp³-hybridized carbons (Fsp3) is 0.625. The van der Waals surface area contributed by atoms with E-state index in [0.717, 1.165) is 13.0 Å². The van der Waals surface area contributed by atoms with Crippen molar-refractivity contribution in [1.29, 1.82) is 0 Å². The second kappa shape index (κ2) is 7.61. The van der Waals surface area contributed by atoms with E-state index in [4.69, 9.17) is 0 Å². The SMILES string of the molecule is CCN1CCCC(NCCc2ccc(F)cc2)CC1. The van der Waals surface area contributed by atoms with Gasteiger partial charge in [-0.3, -0.25) is 0 Å². The molecule has 1 N–H and O–H groups in total. The molecule has 2 nitrogen and oxygen atoms in total. The normalized spacial score (nSPS) is 21.3. The Hall–Kier alpha value is -0.930. The molecule has 1 aliphatic rings. The number of nitrogens with zero attached hydrogens (tertiary/aromatic N) is 1. The summed E-state index contributed by atoms with van der Waals surface area (Å²) in [6.45, 7) is 6.85. The summed E-state index contributed by atoms with van der Waals surface area (Å²) in [5, 5.41) is 3.65. The fourth-order valence-electron chi connectivity index (χ4n) is 2.75. The van der Waals surface area contributed by atoms with Gasteiger partial charge in [-0.1, -0.05) is 19.1 Å². The van der Waals surface area contributed by atoms with Crippen LogP contribution in [0.15, 0.2) is 24.3 Å². The summed E-state index contributed by atoms with van der Waals surface area (Å²) in [7, 11) is 0. The smallest absolute Gasteiger partial charge is 0.123 e. The van der Waals surface area contributed by atoms with Gasteiger partial charge in [-0.15, -0.1) is 0 Å². The van der Waals surface area contributed by atoms with Crippen LogP contribution < -0.4 is 5.32 Å². The summed E-state index contributed by atoms with van der Waals surface area (Å²) in [5.41, 5.74) is 1.21. The lowest BCUT2D eigenvalue weighted by atomic mass is 10.1. The summed E-state index contributed by atoms with van der Waals surface area (Å²) in [6, 6.07) is 7.49. The predicted octanol–water partition coefficient (Wildman–Crippen LogP) is 2.83. The van der Waals surface area contributed by atoms with Crippen molar-refractivity contribution in [3.8, 4) is 0 Å². The van der Waals surface area contributed by atoms with Gasteiger partial charge in [0.25, 0.3) is 0 Å². The second-order valence-corrected chi connectivity index (χ2v) is 5.39. The van der Waals surface area contributed by atoms with E-state index < -0.39 is 0 Å². The minimum absolute atomic E-state index is 0.153. The first-order chi connectivity index (χ1) is 9.28. The first kappa shape index (κ1) is 14.5. The molecule has 0 aliphatic carbocycles. The second-order valence-electron chi connectivity index (χ2n) is 5.39. The van der Waals surface area contributed by atoms with Gasteiger partial charge in [0.15, 0.2) is 0 Å². The fourth-order valence-corrected chi connectivity index (χ4v) is 2.75. The van der Waals surface area contributed by atoms with E-state index in [1.165, 1.54) is 44.5 Å². The van der Waals surface area contributed by atoms with Crippen LogP contribution in [0.1, 0.15) is 31.7 Å². The number of rotatable bonds is 5. The summed E-state index contributed by atoms with van der Waals surface area (Å²) < 4.78 is 12.8. The number of hydrogen-bond donors (Lipinski definition) is 1. The molecule has 19 heavy (non-hydrogen) atoms. The third-order valence-corrected chi connectivity index (χ3v) is 4.03. The highest BCUT2D eigenvalue weighted by Gasteiger charge is 2.14. The largest absolute Gasteiger partial charge is 0.314 e. The highest BCUT2D eigenvalue weighted by atomic mass is 19.1. The molecule has 3 heteroatoms. The number of hydrogen-bond acceptors (Lipinski definition) is 2. The molecular weight excluding hydrogens is 239 g/mol. The lowest BCUT2D eigenvalue weighted by Gasteiger charge is -2.18. The molecule has 0 radical (unpaired) electrons. The molecule has 0 saturated carbocycles. The van der Waals surface area contributed by atoms with Crippen LogP contribution in [0, 0.1) is 5.82 Å². The Morgan fingerprint density at radius 2 is 2.00 bits per heavy atom. The predicted molar refractivity (Wildman–Crippen MR) is 77.9 cm³/mol. The van der Waals surface area contributed by atoms with Gasteiger partial charge in [0.05, 0.1) is 0 Å². The minimum Gasteiger partial charge on any atom is -0.314 e. The maximum absolute atomic E-state index is 12.8. The topological polar surface area (TPSA) is 15.3 Å². The van der Waals surface area contributed by atoms with E-state index in [-0.39, 0.29) is 5.82 Å². The van der Waals surface area contributed by atoms with Gasteiger partial charge < -0.3 is 10.2 Å². The van der Waals surface area contributed by atoms with Gasteiger partial charge in [0.2, 0.25) is 0 Å². The zero-order chi connectivity index (χ0) is 13.5. The van der Waals surface area contributed by atoms with Crippen molar-refractivity contribution in [2.24, 2.45) is 0 Å². The molecule has 1 aliphatic heterocycles. The summed E-state index contributed by atoms with van der Waals surface area (Å²) in [5.74, 6) is -0.153. The molecule has 1 atom stereocenters. The van der Waals surface area contributed by atoms with Crippen molar-refractivity contribution in [3.05, 3.63) is 35.6 Å². The first-order valence-corrected chi connectivity index (χ1v) is 7.48. The van der Waals surface area contributed by atoms with E-state index in [1.807, 2.05) is 12.1 Å².